The maximum Gasteiger partial charge on any atom is 0.0594 e. The van der Waals surface area contributed by atoms with E-state index in [9.17, 15) is 0 Å². The summed E-state index contributed by atoms with van der Waals surface area (Å²) >= 11 is 1.89. The smallest absolute Gasteiger partial charge is 0.0594 e. The van der Waals surface area contributed by atoms with Crippen molar-refractivity contribution in [2.75, 3.05) is 44.3 Å². The summed E-state index contributed by atoms with van der Waals surface area (Å²) in [6.07, 6.45) is 4.01. The van der Waals surface area contributed by atoms with Gasteiger partial charge in [0.25, 0.3) is 0 Å². The van der Waals surface area contributed by atoms with Gasteiger partial charge in [-0.3, -0.25) is 4.90 Å². The normalized spacial score (nSPS) is 15.4. The van der Waals surface area contributed by atoms with Gasteiger partial charge < -0.3 is 19.6 Å². The van der Waals surface area contributed by atoms with Gasteiger partial charge in [-0.2, -0.15) is 0 Å². The van der Waals surface area contributed by atoms with Crippen molar-refractivity contribution in [3.8, 4) is 22.3 Å². The molecule has 5 nitrogen and oxygen atoms in total. The lowest BCUT2D eigenvalue weighted by atomic mass is 10.0. The van der Waals surface area contributed by atoms with Crippen LogP contribution in [-0.4, -0.2) is 54.3 Å². The zero-order valence-electron chi connectivity index (χ0n) is 22.2. The number of hydrogen-bond acceptors (Lipinski definition) is 4. The Bertz CT molecular complexity index is 1720. The summed E-state index contributed by atoms with van der Waals surface area (Å²) in [7, 11) is 0. The summed E-state index contributed by atoms with van der Waals surface area (Å²) in [4.78, 5) is 14.4. The molecule has 6 heteroatoms. The van der Waals surface area contributed by atoms with E-state index >= 15 is 0 Å². The van der Waals surface area contributed by atoms with E-state index in [-0.39, 0.29) is 0 Å². The van der Waals surface area contributed by atoms with Crippen molar-refractivity contribution in [2.24, 2.45) is 0 Å². The first-order valence-corrected chi connectivity index (χ1v) is 14.8. The monoisotopic (exact) mass is 542 g/mol. The zero-order valence-corrected chi connectivity index (χ0v) is 23.0. The standard InChI is InChI=1S/C34H30N4OS/c1-3-25(19-29-23(1)9-11-35-29)27-5-7-31-33(21-27)40-34-22-28(26-4-2-24-10-12-36-30(24)20-26)6-8-32(34)38(31)14-13-37-15-17-39-18-16-37/h1-12,19-22,35-36H,13-18H2. The first-order valence-electron chi connectivity index (χ1n) is 14.0. The number of fused-ring (bicyclic) bond motifs is 4. The van der Waals surface area contributed by atoms with E-state index in [0.717, 1.165) is 39.4 Å². The van der Waals surface area contributed by atoms with Crippen molar-refractivity contribution in [1.29, 1.82) is 0 Å². The predicted octanol–water partition coefficient (Wildman–Crippen LogP) is 7.92. The molecule has 1 saturated heterocycles. The predicted molar refractivity (Wildman–Crippen MR) is 166 cm³/mol. The Morgan fingerprint density at radius 1 is 0.600 bits per heavy atom. The van der Waals surface area contributed by atoms with Gasteiger partial charge in [0.1, 0.15) is 0 Å². The third-order valence-corrected chi connectivity index (χ3v) is 9.34. The highest BCUT2D eigenvalue weighted by Gasteiger charge is 2.25. The van der Waals surface area contributed by atoms with Crippen molar-refractivity contribution in [1.82, 2.24) is 14.9 Å². The first-order chi connectivity index (χ1) is 19.8. The Morgan fingerprint density at radius 2 is 1.12 bits per heavy atom. The Hall–Kier alpha value is -3.97. The molecule has 198 valence electrons. The lowest BCUT2D eigenvalue weighted by Crippen LogP contribution is -2.41. The van der Waals surface area contributed by atoms with E-state index in [1.54, 1.807) is 0 Å². The fourth-order valence-electron chi connectivity index (χ4n) is 6.01. The third-order valence-electron chi connectivity index (χ3n) is 8.24. The molecule has 0 unspecified atom stereocenters. The van der Waals surface area contributed by atoms with Gasteiger partial charge in [-0.05, 0) is 81.6 Å². The molecule has 2 N–H and O–H groups in total. The molecule has 4 aromatic carbocycles. The molecule has 0 spiro atoms. The van der Waals surface area contributed by atoms with Gasteiger partial charge in [0.05, 0.1) is 24.6 Å². The maximum atomic E-state index is 5.59. The third kappa shape index (κ3) is 4.29. The van der Waals surface area contributed by atoms with Crippen LogP contribution in [-0.2, 0) is 4.74 Å². The quantitative estimate of drug-likeness (QED) is 0.232. The number of morpholine rings is 1. The van der Waals surface area contributed by atoms with Crippen molar-refractivity contribution in [2.45, 2.75) is 9.79 Å². The second-order valence-corrected chi connectivity index (χ2v) is 11.7. The largest absolute Gasteiger partial charge is 0.379 e. The molecule has 0 radical (unpaired) electrons. The fraction of sp³-hybridized carbons (Fsp3) is 0.176. The van der Waals surface area contributed by atoms with Crippen molar-refractivity contribution < 1.29 is 4.74 Å². The molecule has 0 saturated carbocycles. The average Bonchev–Trinajstić information content (AvgIpc) is 3.68. The van der Waals surface area contributed by atoms with Crippen LogP contribution in [0.3, 0.4) is 0 Å². The number of anilines is 2. The van der Waals surface area contributed by atoms with Gasteiger partial charge in [0, 0.05) is 59.4 Å². The zero-order chi connectivity index (χ0) is 26.5. The van der Waals surface area contributed by atoms with Gasteiger partial charge in [0.2, 0.25) is 0 Å². The number of nitrogens with one attached hydrogen (secondary N) is 2. The van der Waals surface area contributed by atoms with E-state index in [1.165, 1.54) is 65.2 Å². The number of rotatable bonds is 5. The van der Waals surface area contributed by atoms with E-state index in [1.807, 2.05) is 24.2 Å². The average molecular weight is 543 g/mol. The number of ether oxygens (including phenoxy) is 1. The lowest BCUT2D eigenvalue weighted by Gasteiger charge is -2.36. The Labute approximate surface area is 237 Å². The number of nitrogens with zero attached hydrogens (tertiary/aromatic N) is 2. The molecule has 4 heterocycles. The lowest BCUT2D eigenvalue weighted by molar-refractivity contribution is 0.0394. The van der Waals surface area contributed by atoms with Crippen molar-refractivity contribution >= 4 is 44.9 Å². The Balaban J connectivity index is 1.18. The molecule has 2 aliphatic heterocycles. The molecule has 0 atom stereocenters. The molecule has 40 heavy (non-hydrogen) atoms. The van der Waals surface area contributed by atoms with Crippen LogP contribution in [0.2, 0.25) is 0 Å². The van der Waals surface area contributed by atoms with Gasteiger partial charge in [-0.15, -0.1) is 0 Å². The summed E-state index contributed by atoms with van der Waals surface area (Å²) in [5.41, 5.74) is 9.87. The SMILES string of the molecule is c1cc2ccc(-c3ccc4c(c3)Sc3cc(-c5ccc6cc[nH]c6c5)ccc3N4CCN3CCOCC3)cc2[nH]1. The Kier molecular flexibility index (Phi) is 5.91. The summed E-state index contributed by atoms with van der Waals surface area (Å²) in [6, 6.07) is 31.5. The van der Waals surface area contributed by atoms with Crippen molar-refractivity contribution in [3.05, 3.63) is 97.3 Å². The highest BCUT2D eigenvalue weighted by molar-refractivity contribution is 7.99. The summed E-state index contributed by atoms with van der Waals surface area (Å²) in [5.74, 6) is 0. The molecule has 1 fully saturated rings. The minimum atomic E-state index is 0.825. The summed E-state index contributed by atoms with van der Waals surface area (Å²) in [6.45, 7) is 5.62. The van der Waals surface area contributed by atoms with Gasteiger partial charge in [-0.1, -0.05) is 48.2 Å². The molecular weight excluding hydrogens is 512 g/mol. The van der Waals surface area contributed by atoms with Gasteiger partial charge >= 0.3 is 0 Å². The van der Waals surface area contributed by atoms with Crippen LogP contribution in [0.25, 0.3) is 44.1 Å². The molecule has 8 rings (SSSR count). The topological polar surface area (TPSA) is 47.3 Å². The molecule has 0 amide bonds. The molecule has 0 bridgehead atoms. The highest BCUT2D eigenvalue weighted by Crippen LogP contribution is 2.50. The second-order valence-electron chi connectivity index (χ2n) is 10.6. The number of benzene rings is 4. The number of hydrogen-bond donors (Lipinski definition) is 2. The van der Waals surface area contributed by atoms with Crippen molar-refractivity contribution in [3.63, 3.8) is 0 Å². The summed E-state index contributed by atoms with van der Waals surface area (Å²) < 4.78 is 5.59. The molecule has 6 aromatic rings. The second kappa shape index (κ2) is 9.89. The highest BCUT2D eigenvalue weighted by atomic mass is 32.2. The van der Waals surface area contributed by atoms with E-state index in [0.29, 0.717) is 0 Å². The van der Waals surface area contributed by atoms with Crippen LogP contribution in [0, 0.1) is 0 Å². The number of aromatic nitrogens is 2. The maximum absolute atomic E-state index is 5.59. The Morgan fingerprint density at radius 3 is 1.70 bits per heavy atom. The molecular formula is C34H30N4OS. The van der Waals surface area contributed by atoms with Gasteiger partial charge in [0.15, 0.2) is 0 Å². The molecule has 2 aliphatic rings. The van der Waals surface area contributed by atoms with E-state index < -0.39 is 0 Å². The number of aromatic amines is 2. The minimum Gasteiger partial charge on any atom is -0.379 e. The van der Waals surface area contributed by atoms with Crippen LogP contribution in [0.5, 0.6) is 0 Å². The first kappa shape index (κ1) is 23.9. The summed E-state index contributed by atoms with van der Waals surface area (Å²) in [5, 5.41) is 2.48. The molecule has 0 aliphatic carbocycles. The fourth-order valence-corrected chi connectivity index (χ4v) is 7.18. The van der Waals surface area contributed by atoms with E-state index in [4.69, 9.17) is 4.74 Å². The van der Waals surface area contributed by atoms with Crippen LogP contribution >= 0.6 is 11.8 Å². The molecule has 2 aromatic heterocycles. The van der Waals surface area contributed by atoms with E-state index in [2.05, 4.69) is 105 Å². The van der Waals surface area contributed by atoms with Crippen LogP contribution in [0.1, 0.15) is 0 Å². The van der Waals surface area contributed by atoms with Crippen LogP contribution in [0.4, 0.5) is 11.4 Å². The van der Waals surface area contributed by atoms with Crippen LogP contribution in [0.15, 0.2) is 107 Å². The number of H-pyrrole nitrogens is 2. The van der Waals surface area contributed by atoms with Crippen LogP contribution < -0.4 is 4.90 Å². The minimum absolute atomic E-state index is 0.825. The van der Waals surface area contributed by atoms with Gasteiger partial charge in [-0.25, -0.2) is 0 Å².